The van der Waals surface area contributed by atoms with E-state index in [4.69, 9.17) is 4.74 Å². The molecule has 0 saturated carbocycles. The predicted octanol–water partition coefficient (Wildman–Crippen LogP) is 7.03. The van der Waals surface area contributed by atoms with Crippen LogP contribution in [0, 0.1) is 24.4 Å². The topological polar surface area (TPSA) is 56.8 Å². The number of piperidine rings is 1. The third-order valence-corrected chi connectivity index (χ3v) is 9.39. The Morgan fingerprint density at radius 2 is 1.71 bits per heavy atom. The van der Waals surface area contributed by atoms with Gasteiger partial charge in [0.2, 0.25) is 5.95 Å². The first-order chi connectivity index (χ1) is 21.7. The van der Waals surface area contributed by atoms with Crippen LogP contribution in [0.2, 0.25) is 0 Å². The van der Waals surface area contributed by atoms with Gasteiger partial charge in [-0.2, -0.15) is 0 Å². The molecule has 1 unspecified atom stereocenters. The summed E-state index contributed by atoms with van der Waals surface area (Å²) in [5.41, 5.74) is 5.50. The average Bonchev–Trinajstić information content (AvgIpc) is 3.44. The van der Waals surface area contributed by atoms with Gasteiger partial charge in [0.05, 0.1) is 30.2 Å². The standard InChI is InChI=1S/C35H37F3N6O/c1-21-4-5-22-6-8-30(26(22)16-21)44-14-15-45-34-28(37)17-23(18-32(34)44)33-29(38)20-39-35(41-33)40-24-7-9-31(27(36)19-24)43-12-10-25(11-13-43)42(2)3/h4-5,7,9,16-20,25,30H,6,8,10-15H2,1-3H3,(H,39,40,41). The monoisotopic (exact) mass is 614 g/mol. The lowest BCUT2D eigenvalue weighted by atomic mass is 10.0. The van der Waals surface area contributed by atoms with Crippen LogP contribution in [0.4, 0.5) is 36.2 Å². The molecular formula is C35H37F3N6O. The molecule has 1 N–H and O–H groups in total. The Bertz CT molecular complexity index is 1740. The zero-order valence-corrected chi connectivity index (χ0v) is 25.8. The first kappa shape index (κ1) is 29.4. The van der Waals surface area contributed by atoms with E-state index in [1.807, 2.05) is 0 Å². The number of rotatable bonds is 6. The van der Waals surface area contributed by atoms with Crippen LogP contribution in [-0.4, -0.2) is 61.2 Å². The lowest BCUT2D eigenvalue weighted by molar-refractivity contribution is 0.249. The summed E-state index contributed by atoms with van der Waals surface area (Å²) in [6.07, 6.45) is 4.84. The summed E-state index contributed by atoms with van der Waals surface area (Å²) < 4.78 is 51.7. The summed E-state index contributed by atoms with van der Waals surface area (Å²) in [5, 5.41) is 3.00. The maximum Gasteiger partial charge on any atom is 0.227 e. The third-order valence-electron chi connectivity index (χ3n) is 9.39. The van der Waals surface area contributed by atoms with Crippen LogP contribution in [0.1, 0.15) is 42.0 Å². The SMILES string of the molecule is Cc1ccc2c(c1)C(N1CCOc3c(F)cc(-c4nc(Nc5ccc(N6CCC(N(C)C)CC6)c(F)c5)ncc4F)cc31)CC2. The molecule has 7 nitrogen and oxygen atoms in total. The average molecular weight is 615 g/mol. The highest BCUT2D eigenvalue weighted by atomic mass is 19.1. The van der Waals surface area contributed by atoms with Crippen molar-refractivity contribution in [1.29, 1.82) is 0 Å². The second-order valence-corrected chi connectivity index (χ2v) is 12.5. The van der Waals surface area contributed by atoms with Gasteiger partial charge >= 0.3 is 0 Å². The van der Waals surface area contributed by atoms with Crippen LogP contribution in [0.5, 0.6) is 5.75 Å². The number of nitrogens with zero attached hydrogens (tertiary/aromatic N) is 5. The molecule has 1 saturated heterocycles. The fraction of sp³-hybridized carbons (Fsp3) is 0.371. The molecular weight excluding hydrogens is 577 g/mol. The van der Waals surface area contributed by atoms with Crippen LogP contribution in [0.25, 0.3) is 11.3 Å². The number of aromatic nitrogens is 2. The van der Waals surface area contributed by atoms with Gasteiger partial charge in [0.25, 0.3) is 0 Å². The van der Waals surface area contributed by atoms with E-state index in [-0.39, 0.29) is 34.8 Å². The highest BCUT2D eigenvalue weighted by molar-refractivity contribution is 5.74. The normalized spacial score (nSPS) is 18.2. The molecule has 4 aromatic rings. The van der Waals surface area contributed by atoms with Crippen molar-refractivity contribution < 1.29 is 17.9 Å². The smallest absolute Gasteiger partial charge is 0.227 e. The van der Waals surface area contributed by atoms with Crippen molar-refractivity contribution in [2.24, 2.45) is 0 Å². The van der Waals surface area contributed by atoms with Gasteiger partial charge in [0, 0.05) is 30.4 Å². The maximum absolute atomic E-state index is 15.5. The minimum atomic E-state index is -0.687. The summed E-state index contributed by atoms with van der Waals surface area (Å²) in [6, 6.07) is 15.0. The number of hydrogen-bond donors (Lipinski definition) is 1. The van der Waals surface area contributed by atoms with E-state index in [0.29, 0.717) is 36.3 Å². The number of ether oxygens (including phenoxy) is 1. The van der Waals surface area contributed by atoms with Crippen LogP contribution < -0.4 is 19.9 Å². The number of benzene rings is 3. The van der Waals surface area contributed by atoms with Gasteiger partial charge in [-0.05, 0) is 88.2 Å². The lowest BCUT2D eigenvalue weighted by Crippen LogP contribution is -2.42. The summed E-state index contributed by atoms with van der Waals surface area (Å²) in [6.45, 7) is 4.58. The first-order valence-electron chi connectivity index (χ1n) is 15.6. The Kier molecular flexibility index (Phi) is 7.77. The molecule has 10 heteroatoms. The van der Waals surface area contributed by atoms with E-state index in [1.165, 1.54) is 28.8 Å². The molecule has 3 aromatic carbocycles. The van der Waals surface area contributed by atoms with Crippen molar-refractivity contribution in [3.8, 4) is 17.0 Å². The van der Waals surface area contributed by atoms with Crippen LogP contribution in [-0.2, 0) is 6.42 Å². The fourth-order valence-corrected chi connectivity index (χ4v) is 7.01. The number of hydrogen-bond acceptors (Lipinski definition) is 7. The molecule has 1 aromatic heterocycles. The second kappa shape index (κ2) is 11.9. The van der Waals surface area contributed by atoms with Crippen molar-refractivity contribution in [1.82, 2.24) is 14.9 Å². The van der Waals surface area contributed by atoms with Gasteiger partial charge in [0.15, 0.2) is 17.4 Å². The second-order valence-electron chi connectivity index (χ2n) is 12.5. The molecule has 0 radical (unpaired) electrons. The Hall–Kier alpha value is -4.31. The third kappa shape index (κ3) is 5.67. The first-order valence-corrected chi connectivity index (χ1v) is 15.6. The van der Waals surface area contributed by atoms with Crippen molar-refractivity contribution in [2.45, 2.75) is 44.7 Å². The molecule has 1 fully saturated rings. The van der Waals surface area contributed by atoms with Crippen LogP contribution >= 0.6 is 0 Å². The largest absolute Gasteiger partial charge is 0.486 e. The molecule has 0 bridgehead atoms. The van der Waals surface area contributed by atoms with E-state index in [2.05, 4.69) is 69.2 Å². The van der Waals surface area contributed by atoms with E-state index >= 15 is 13.2 Å². The van der Waals surface area contributed by atoms with Gasteiger partial charge in [-0.25, -0.2) is 23.1 Å². The summed E-state index contributed by atoms with van der Waals surface area (Å²) in [5.74, 6) is -1.37. The van der Waals surface area contributed by atoms with Gasteiger partial charge in [-0.3, -0.25) is 0 Å². The van der Waals surface area contributed by atoms with Gasteiger partial charge < -0.3 is 24.8 Å². The Labute approximate surface area is 261 Å². The van der Waals surface area contributed by atoms with Crippen LogP contribution in [0.15, 0.2) is 54.7 Å². The summed E-state index contributed by atoms with van der Waals surface area (Å²) >= 11 is 0. The van der Waals surface area contributed by atoms with Gasteiger partial charge in [-0.15, -0.1) is 0 Å². The molecule has 0 amide bonds. The molecule has 1 atom stereocenters. The zero-order valence-electron chi connectivity index (χ0n) is 25.8. The summed E-state index contributed by atoms with van der Waals surface area (Å²) in [4.78, 5) is 14.9. The summed E-state index contributed by atoms with van der Waals surface area (Å²) in [7, 11) is 4.15. The quantitative estimate of drug-likeness (QED) is 0.250. The number of nitrogens with one attached hydrogen (secondary N) is 1. The zero-order chi connectivity index (χ0) is 31.2. The van der Waals surface area contributed by atoms with E-state index in [1.54, 1.807) is 18.2 Å². The predicted molar refractivity (Wildman–Crippen MR) is 171 cm³/mol. The van der Waals surface area contributed by atoms with E-state index in [0.717, 1.165) is 45.0 Å². The number of anilines is 4. The molecule has 2 aliphatic heterocycles. The molecule has 3 aliphatic rings. The van der Waals surface area contributed by atoms with Crippen molar-refractivity contribution >= 4 is 23.0 Å². The van der Waals surface area contributed by atoms with E-state index in [9.17, 15) is 0 Å². The fourth-order valence-electron chi connectivity index (χ4n) is 7.01. The Morgan fingerprint density at radius 1 is 0.889 bits per heavy atom. The molecule has 1 aliphatic carbocycles. The minimum Gasteiger partial charge on any atom is -0.486 e. The number of halogens is 3. The van der Waals surface area contributed by atoms with Crippen molar-refractivity contribution in [2.75, 3.05) is 55.5 Å². The molecule has 3 heterocycles. The molecule has 0 spiro atoms. The van der Waals surface area contributed by atoms with Crippen LogP contribution in [0.3, 0.4) is 0 Å². The van der Waals surface area contributed by atoms with E-state index < -0.39 is 11.6 Å². The Balaban J connectivity index is 1.15. The van der Waals surface area contributed by atoms with Crippen molar-refractivity contribution in [3.05, 3.63) is 88.9 Å². The Morgan fingerprint density at radius 3 is 2.49 bits per heavy atom. The van der Waals surface area contributed by atoms with Gasteiger partial charge in [-0.1, -0.05) is 23.8 Å². The lowest BCUT2D eigenvalue weighted by Gasteiger charge is -2.37. The van der Waals surface area contributed by atoms with Gasteiger partial charge in [0.1, 0.15) is 18.1 Å². The minimum absolute atomic E-state index is 0.0526. The number of fused-ring (bicyclic) bond motifs is 2. The number of aryl methyl sites for hydroxylation is 2. The maximum atomic E-state index is 15.5. The highest BCUT2D eigenvalue weighted by Gasteiger charge is 2.33. The molecule has 7 rings (SSSR count). The molecule has 45 heavy (non-hydrogen) atoms. The van der Waals surface area contributed by atoms with Crippen molar-refractivity contribution in [3.63, 3.8) is 0 Å². The molecule has 234 valence electrons. The highest BCUT2D eigenvalue weighted by Crippen LogP contribution is 2.46.